The van der Waals surface area contributed by atoms with Crippen molar-refractivity contribution in [1.82, 2.24) is 4.98 Å². The topological polar surface area (TPSA) is 108 Å². The Balaban J connectivity index is 1.75. The van der Waals surface area contributed by atoms with Crippen LogP contribution >= 0.6 is 11.3 Å². The molecule has 9 nitrogen and oxygen atoms in total. The molecule has 1 heterocycles. The van der Waals surface area contributed by atoms with Crippen LogP contribution in [0, 0.1) is 10.1 Å². The fourth-order valence-electron chi connectivity index (χ4n) is 2.56. The lowest BCUT2D eigenvalue weighted by molar-refractivity contribution is -0.385. The van der Waals surface area contributed by atoms with Gasteiger partial charge in [0.1, 0.15) is 5.75 Å². The molecule has 0 spiro atoms. The Hall–Kier alpha value is -3.66. The standard InChI is InChI=1S/C19H18N4O5S/c1-26-14-6-4-13(5-7-14)15-11-29-19(21-15)22-20-10-12-8-16(23(24)25)18(28-3)17(9-12)27-2/h4-11H,1-3H3,(H,21,22)/b20-10-. The smallest absolute Gasteiger partial charge is 0.315 e. The summed E-state index contributed by atoms with van der Waals surface area (Å²) in [6, 6.07) is 10.5. The van der Waals surface area contributed by atoms with E-state index in [0.717, 1.165) is 17.0 Å². The van der Waals surface area contributed by atoms with Crippen molar-refractivity contribution >= 4 is 28.4 Å². The molecule has 0 saturated heterocycles. The number of hydrogen-bond acceptors (Lipinski definition) is 9. The Labute approximate surface area is 170 Å². The molecule has 0 atom stereocenters. The van der Waals surface area contributed by atoms with Crippen LogP contribution in [0.25, 0.3) is 11.3 Å². The molecule has 0 amide bonds. The molecule has 0 radical (unpaired) electrons. The first-order valence-electron chi connectivity index (χ1n) is 8.35. The Kier molecular flexibility index (Phi) is 6.25. The second-order valence-corrected chi connectivity index (χ2v) is 6.53. The van der Waals surface area contributed by atoms with Gasteiger partial charge in [0.2, 0.25) is 10.9 Å². The van der Waals surface area contributed by atoms with Crippen molar-refractivity contribution in [2.45, 2.75) is 0 Å². The molecule has 2 aromatic carbocycles. The molecule has 0 fully saturated rings. The fourth-order valence-corrected chi connectivity index (χ4v) is 3.23. The van der Waals surface area contributed by atoms with Crippen molar-refractivity contribution in [1.29, 1.82) is 0 Å². The highest BCUT2D eigenvalue weighted by Crippen LogP contribution is 2.37. The van der Waals surface area contributed by atoms with Gasteiger partial charge >= 0.3 is 5.69 Å². The van der Waals surface area contributed by atoms with E-state index in [1.54, 1.807) is 13.2 Å². The summed E-state index contributed by atoms with van der Waals surface area (Å²) in [6.07, 6.45) is 1.45. The van der Waals surface area contributed by atoms with Crippen molar-refractivity contribution in [3.05, 3.63) is 57.5 Å². The third kappa shape index (κ3) is 4.61. The number of rotatable bonds is 8. The van der Waals surface area contributed by atoms with Gasteiger partial charge in [0.05, 0.1) is 38.2 Å². The van der Waals surface area contributed by atoms with Crippen LogP contribution in [0.3, 0.4) is 0 Å². The van der Waals surface area contributed by atoms with Crippen LogP contribution in [-0.4, -0.2) is 37.5 Å². The van der Waals surface area contributed by atoms with Crippen molar-refractivity contribution in [3.8, 4) is 28.5 Å². The Morgan fingerprint density at radius 3 is 2.52 bits per heavy atom. The molecule has 1 N–H and O–H groups in total. The molecular formula is C19H18N4O5S. The maximum Gasteiger partial charge on any atom is 0.315 e. The van der Waals surface area contributed by atoms with Crippen LogP contribution in [0.1, 0.15) is 5.56 Å². The zero-order chi connectivity index (χ0) is 20.8. The zero-order valence-corrected chi connectivity index (χ0v) is 16.7. The highest BCUT2D eigenvalue weighted by molar-refractivity contribution is 7.14. The molecule has 0 aliphatic carbocycles. The van der Waals surface area contributed by atoms with Crippen molar-refractivity contribution in [3.63, 3.8) is 0 Å². The lowest BCUT2D eigenvalue weighted by Crippen LogP contribution is -1.99. The number of hydrogen-bond donors (Lipinski definition) is 1. The van der Waals surface area contributed by atoms with Crippen LogP contribution in [0.2, 0.25) is 0 Å². The van der Waals surface area contributed by atoms with Gasteiger partial charge in [-0.1, -0.05) is 0 Å². The number of nitro benzene ring substituents is 1. The Bertz CT molecular complexity index is 1030. The van der Waals surface area contributed by atoms with E-state index in [1.807, 2.05) is 29.6 Å². The second kappa shape index (κ2) is 9.02. The van der Waals surface area contributed by atoms with Crippen LogP contribution in [-0.2, 0) is 0 Å². The first kappa shape index (κ1) is 20.1. The van der Waals surface area contributed by atoms with Gasteiger partial charge in [-0.2, -0.15) is 5.10 Å². The lowest BCUT2D eigenvalue weighted by Gasteiger charge is -2.08. The van der Waals surface area contributed by atoms with Crippen molar-refractivity contribution in [2.24, 2.45) is 5.10 Å². The summed E-state index contributed by atoms with van der Waals surface area (Å²) in [5.41, 5.74) is 4.86. The monoisotopic (exact) mass is 414 g/mol. The first-order chi connectivity index (χ1) is 14.0. The highest BCUT2D eigenvalue weighted by Gasteiger charge is 2.21. The minimum atomic E-state index is -0.534. The van der Waals surface area contributed by atoms with E-state index >= 15 is 0 Å². The third-order valence-electron chi connectivity index (χ3n) is 3.94. The van der Waals surface area contributed by atoms with E-state index in [4.69, 9.17) is 14.2 Å². The van der Waals surface area contributed by atoms with E-state index in [9.17, 15) is 10.1 Å². The van der Waals surface area contributed by atoms with Gasteiger partial charge in [-0.3, -0.25) is 15.5 Å². The number of methoxy groups -OCH3 is 3. The van der Waals surface area contributed by atoms with E-state index in [2.05, 4.69) is 15.5 Å². The number of ether oxygens (including phenoxy) is 3. The van der Waals surface area contributed by atoms with Gasteiger partial charge in [0, 0.05) is 22.6 Å². The normalized spacial score (nSPS) is 10.7. The predicted octanol–water partition coefficient (Wildman–Crippen LogP) is 4.19. The van der Waals surface area contributed by atoms with Crippen LogP contribution in [0.5, 0.6) is 17.2 Å². The highest BCUT2D eigenvalue weighted by atomic mass is 32.1. The summed E-state index contributed by atoms with van der Waals surface area (Å²) in [4.78, 5) is 15.2. The predicted molar refractivity (Wildman–Crippen MR) is 112 cm³/mol. The molecule has 3 aromatic rings. The SMILES string of the molecule is COc1ccc(-c2csc(N/N=C\c3cc(OC)c(OC)c([N+](=O)[O-])c3)n2)cc1. The summed E-state index contributed by atoms with van der Waals surface area (Å²) < 4.78 is 15.4. The van der Waals surface area contributed by atoms with Gasteiger partial charge in [-0.15, -0.1) is 11.3 Å². The molecule has 0 saturated carbocycles. The number of nitrogens with one attached hydrogen (secondary N) is 1. The molecule has 29 heavy (non-hydrogen) atoms. The molecule has 0 bridgehead atoms. The zero-order valence-electron chi connectivity index (χ0n) is 15.9. The summed E-state index contributed by atoms with van der Waals surface area (Å²) in [5.74, 6) is 1.08. The first-order valence-corrected chi connectivity index (χ1v) is 9.23. The van der Waals surface area contributed by atoms with E-state index in [1.165, 1.54) is 37.8 Å². The van der Waals surface area contributed by atoms with E-state index in [-0.39, 0.29) is 17.2 Å². The van der Waals surface area contributed by atoms with Crippen molar-refractivity contribution < 1.29 is 19.1 Å². The molecule has 0 unspecified atom stereocenters. The Morgan fingerprint density at radius 1 is 1.14 bits per heavy atom. The molecule has 0 aliphatic heterocycles. The molecule has 0 aliphatic rings. The van der Waals surface area contributed by atoms with E-state index < -0.39 is 4.92 Å². The van der Waals surface area contributed by atoms with Crippen molar-refractivity contribution in [2.75, 3.05) is 26.8 Å². The van der Waals surface area contributed by atoms with Gasteiger partial charge in [-0.05, 0) is 30.3 Å². The van der Waals surface area contributed by atoms with Gasteiger partial charge in [0.25, 0.3) is 0 Å². The molecule has 1 aromatic heterocycles. The number of hydrazone groups is 1. The van der Waals surface area contributed by atoms with Gasteiger partial charge in [-0.25, -0.2) is 4.98 Å². The molecular weight excluding hydrogens is 396 g/mol. The number of nitro groups is 1. The minimum Gasteiger partial charge on any atom is -0.497 e. The third-order valence-corrected chi connectivity index (χ3v) is 4.69. The summed E-state index contributed by atoms with van der Waals surface area (Å²) in [6.45, 7) is 0. The summed E-state index contributed by atoms with van der Waals surface area (Å²) >= 11 is 1.39. The quantitative estimate of drug-likeness (QED) is 0.334. The summed E-state index contributed by atoms with van der Waals surface area (Å²) in [7, 11) is 4.38. The van der Waals surface area contributed by atoms with Crippen LogP contribution in [0.4, 0.5) is 10.8 Å². The maximum atomic E-state index is 11.3. The number of benzene rings is 2. The number of nitrogens with zero attached hydrogens (tertiary/aromatic N) is 3. The Morgan fingerprint density at radius 2 is 1.90 bits per heavy atom. The lowest BCUT2D eigenvalue weighted by atomic mass is 10.2. The molecule has 150 valence electrons. The average molecular weight is 414 g/mol. The van der Waals surface area contributed by atoms with Crippen LogP contribution < -0.4 is 19.6 Å². The number of anilines is 1. The minimum absolute atomic E-state index is 0.0617. The maximum absolute atomic E-state index is 11.3. The summed E-state index contributed by atoms with van der Waals surface area (Å²) in [5, 5.41) is 17.9. The van der Waals surface area contributed by atoms with E-state index in [0.29, 0.717) is 10.7 Å². The van der Waals surface area contributed by atoms with Crippen LogP contribution in [0.15, 0.2) is 46.9 Å². The molecule has 3 rings (SSSR count). The number of aromatic nitrogens is 1. The fraction of sp³-hybridized carbons (Fsp3) is 0.158. The number of thiazole rings is 1. The largest absolute Gasteiger partial charge is 0.497 e. The van der Waals surface area contributed by atoms with Gasteiger partial charge < -0.3 is 14.2 Å². The second-order valence-electron chi connectivity index (χ2n) is 5.67. The van der Waals surface area contributed by atoms with Gasteiger partial charge in [0.15, 0.2) is 5.75 Å². The molecule has 10 heteroatoms. The average Bonchev–Trinajstić information content (AvgIpc) is 3.21.